The lowest BCUT2D eigenvalue weighted by Gasteiger charge is -1.96. The minimum atomic E-state index is -0.683. The van der Waals surface area contributed by atoms with E-state index in [9.17, 15) is 4.79 Å². The molecule has 0 unspecified atom stereocenters. The van der Waals surface area contributed by atoms with E-state index in [0.717, 1.165) is 11.0 Å². The molecule has 2 N–H and O–H groups in total. The number of aromatic nitrogens is 2. The van der Waals surface area contributed by atoms with Crippen LogP contribution in [0.25, 0.3) is 11.0 Å². The van der Waals surface area contributed by atoms with Gasteiger partial charge in [0.15, 0.2) is 0 Å². The number of nitrogens with zero attached hydrogens (tertiary/aromatic N) is 2. The fourth-order valence-corrected chi connectivity index (χ4v) is 1.23. The fraction of sp³-hybridized carbons (Fsp3) is 0.100. The zero-order valence-electron chi connectivity index (χ0n) is 8.60. The van der Waals surface area contributed by atoms with Gasteiger partial charge >= 0.3 is 6.09 Å². The van der Waals surface area contributed by atoms with E-state index in [1.165, 1.54) is 6.21 Å². The van der Waals surface area contributed by atoms with Gasteiger partial charge in [-0.1, -0.05) is 17.3 Å². The molecule has 0 spiro atoms. The van der Waals surface area contributed by atoms with Gasteiger partial charge in [0.2, 0.25) is 5.95 Å². The molecule has 0 fully saturated rings. The third kappa shape index (κ3) is 2.17. The van der Waals surface area contributed by atoms with Crippen LogP contribution in [0.1, 0.15) is 6.92 Å². The molecule has 0 saturated heterocycles. The molecular formula is C10H10N4O2. The molecule has 1 heterocycles. The Morgan fingerprint density at radius 3 is 3.12 bits per heavy atom. The number of para-hydroxylation sites is 2. The zero-order chi connectivity index (χ0) is 11.4. The summed E-state index contributed by atoms with van der Waals surface area (Å²) in [6.45, 7) is 1.65. The number of fused-ring (bicyclic) bond motifs is 1. The van der Waals surface area contributed by atoms with E-state index in [1.807, 2.05) is 24.3 Å². The van der Waals surface area contributed by atoms with Gasteiger partial charge in [-0.25, -0.2) is 9.78 Å². The minimum Gasteiger partial charge on any atom is -0.324 e. The van der Waals surface area contributed by atoms with E-state index in [-0.39, 0.29) is 0 Å². The van der Waals surface area contributed by atoms with E-state index >= 15 is 0 Å². The Kier molecular flexibility index (Phi) is 2.81. The second-order valence-corrected chi connectivity index (χ2v) is 2.97. The molecule has 0 saturated carbocycles. The number of rotatable bonds is 2. The molecule has 6 heteroatoms. The van der Waals surface area contributed by atoms with E-state index in [4.69, 9.17) is 0 Å². The number of aromatic amines is 1. The van der Waals surface area contributed by atoms with Gasteiger partial charge in [0.25, 0.3) is 0 Å². The summed E-state index contributed by atoms with van der Waals surface area (Å²) >= 11 is 0. The van der Waals surface area contributed by atoms with Gasteiger partial charge in [0.05, 0.1) is 11.0 Å². The van der Waals surface area contributed by atoms with Gasteiger partial charge in [-0.05, 0) is 19.1 Å². The highest BCUT2D eigenvalue weighted by atomic mass is 16.7. The van der Waals surface area contributed by atoms with Crippen molar-refractivity contribution in [3.05, 3.63) is 24.3 Å². The lowest BCUT2D eigenvalue weighted by atomic mass is 10.3. The Hall–Kier alpha value is -2.37. The van der Waals surface area contributed by atoms with Crippen LogP contribution in [-0.4, -0.2) is 22.3 Å². The van der Waals surface area contributed by atoms with Gasteiger partial charge in [-0.2, -0.15) is 0 Å². The first kappa shape index (κ1) is 10.2. The second kappa shape index (κ2) is 4.43. The van der Waals surface area contributed by atoms with Crippen LogP contribution >= 0.6 is 0 Å². The second-order valence-electron chi connectivity index (χ2n) is 2.97. The summed E-state index contributed by atoms with van der Waals surface area (Å²) in [4.78, 5) is 22.7. The Morgan fingerprint density at radius 2 is 2.38 bits per heavy atom. The Bertz CT molecular complexity index is 499. The average Bonchev–Trinajstić information content (AvgIpc) is 2.68. The molecule has 1 amide bonds. The van der Waals surface area contributed by atoms with Crippen LogP contribution in [0.5, 0.6) is 0 Å². The highest BCUT2D eigenvalue weighted by Gasteiger charge is 2.06. The molecule has 82 valence electrons. The Labute approximate surface area is 91.3 Å². The summed E-state index contributed by atoms with van der Waals surface area (Å²) < 4.78 is 0. The van der Waals surface area contributed by atoms with E-state index in [2.05, 4.69) is 25.3 Å². The number of oxime groups is 1. The summed E-state index contributed by atoms with van der Waals surface area (Å²) in [6, 6.07) is 7.45. The highest BCUT2D eigenvalue weighted by Crippen LogP contribution is 2.13. The van der Waals surface area contributed by atoms with Crippen molar-refractivity contribution >= 4 is 29.3 Å². The normalized spacial score (nSPS) is 10.8. The lowest BCUT2D eigenvalue weighted by molar-refractivity contribution is 0.167. The number of carbonyl (C=O) groups is 1. The van der Waals surface area contributed by atoms with E-state index in [1.54, 1.807) is 6.92 Å². The summed E-state index contributed by atoms with van der Waals surface area (Å²) in [6.07, 6.45) is 0.690. The maximum atomic E-state index is 11.1. The minimum absolute atomic E-state index is 0.331. The van der Waals surface area contributed by atoms with E-state index < -0.39 is 6.09 Å². The van der Waals surface area contributed by atoms with Gasteiger partial charge in [0.1, 0.15) is 0 Å². The number of H-pyrrole nitrogens is 1. The number of hydrogen-bond donors (Lipinski definition) is 2. The van der Waals surface area contributed by atoms with Crippen LogP contribution in [0.3, 0.4) is 0 Å². The monoisotopic (exact) mass is 218 g/mol. The van der Waals surface area contributed by atoms with Crippen LogP contribution in [0, 0.1) is 0 Å². The van der Waals surface area contributed by atoms with Crippen molar-refractivity contribution in [2.45, 2.75) is 6.92 Å². The number of anilines is 1. The SMILES string of the molecule is CC=NOC(=O)Nc1nc2ccccc2[nH]1. The largest absolute Gasteiger partial charge is 0.440 e. The number of hydrogen-bond acceptors (Lipinski definition) is 4. The lowest BCUT2D eigenvalue weighted by Crippen LogP contribution is -2.11. The van der Waals surface area contributed by atoms with Crippen LogP contribution in [0.2, 0.25) is 0 Å². The molecule has 1 aromatic heterocycles. The van der Waals surface area contributed by atoms with Crippen molar-refractivity contribution in [3.63, 3.8) is 0 Å². The predicted octanol–water partition coefficient (Wildman–Crippen LogP) is 2.12. The molecule has 2 rings (SSSR count). The number of benzene rings is 1. The first-order valence-corrected chi connectivity index (χ1v) is 4.70. The third-order valence-corrected chi connectivity index (χ3v) is 1.85. The summed E-state index contributed by atoms with van der Waals surface area (Å²) in [5.74, 6) is 0.331. The quantitative estimate of drug-likeness (QED) is 0.460. The van der Waals surface area contributed by atoms with Gasteiger partial charge in [-0.3, -0.25) is 10.2 Å². The number of amides is 1. The van der Waals surface area contributed by atoms with Gasteiger partial charge in [0, 0.05) is 6.21 Å². The number of carbonyl (C=O) groups excluding carboxylic acids is 1. The van der Waals surface area contributed by atoms with Crippen LogP contribution < -0.4 is 5.32 Å². The van der Waals surface area contributed by atoms with Crippen molar-refractivity contribution in [2.24, 2.45) is 5.16 Å². The van der Waals surface area contributed by atoms with Gasteiger partial charge in [-0.15, -0.1) is 0 Å². The molecule has 16 heavy (non-hydrogen) atoms. The molecule has 6 nitrogen and oxygen atoms in total. The maximum absolute atomic E-state index is 11.1. The van der Waals surface area contributed by atoms with Crippen molar-refractivity contribution in [1.29, 1.82) is 0 Å². The molecule has 0 bridgehead atoms. The molecule has 0 atom stereocenters. The first-order valence-electron chi connectivity index (χ1n) is 4.70. The summed E-state index contributed by atoms with van der Waals surface area (Å²) in [5, 5.41) is 5.77. The maximum Gasteiger partial charge on any atom is 0.440 e. The molecular weight excluding hydrogens is 208 g/mol. The van der Waals surface area contributed by atoms with Crippen molar-refractivity contribution in [1.82, 2.24) is 9.97 Å². The van der Waals surface area contributed by atoms with E-state index in [0.29, 0.717) is 5.95 Å². The van der Waals surface area contributed by atoms with Crippen molar-refractivity contribution < 1.29 is 9.63 Å². The number of imidazole rings is 1. The average molecular weight is 218 g/mol. The molecule has 2 aromatic rings. The first-order chi connectivity index (χ1) is 7.79. The summed E-state index contributed by atoms with van der Waals surface area (Å²) in [5.41, 5.74) is 1.62. The predicted molar refractivity (Wildman–Crippen MR) is 60.4 cm³/mol. The standard InChI is InChI=1S/C10H10N4O2/c1-2-11-16-10(15)14-9-12-7-5-3-4-6-8(7)13-9/h2-6H,1H3,(H2,12,13,14,15). The Morgan fingerprint density at radius 1 is 1.56 bits per heavy atom. The van der Waals surface area contributed by atoms with Crippen molar-refractivity contribution in [2.75, 3.05) is 5.32 Å². The molecule has 0 aliphatic carbocycles. The molecule has 0 aliphatic heterocycles. The fourth-order valence-electron chi connectivity index (χ4n) is 1.23. The molecule has 0 aliphatic rings. The smallest absolute Gasteiger partial charge is 0.324 e. The van der Waals surface area contributed by atoms with Gasteiger partial charge < -0.3 is 4.98 Å². The molecule has 0 radical (unpaired) electrons. The Balaban J connectivity index is 2.12. The number of nitrogens with one attached hydrogen (secondary N) is 2. The highest BCUT2D eigenvalue weighted by molar-refractivity contribution is 5.86. The van der Waals surface area contributed by atoms with Crippen LogP contribution in [-0.2, 0) is 4.84 Å². The zero-order valence-corrected chi connectivity index (χ0v) is 8.60. The third-order valence-electron chi connectivity index (χ3n) is 1.85. The van der Waals surface area contributed by atoms with Crippen LogP contribution in [0.15, 0.2) is 29.4 Å². The topological polar surface area (TPSA) is 79.4 Å². The molecule has 1 aromatic carbocycles. The summed E-state index contributed by atoms with van der Waals surface area (Å²) in [7, 11) is 0. The van der Waals surface area contributed by atoms with Crippen molar-refractivity contribution in [3.8, 4) is 0 Å². The van der Waals surface area contributed by atoms with Crippen LogP contribution in [0.4, 0.5) is 10.7 Å².